The number of esters is 1. The normalized spacial score (nSPS) is 11.2. The van der Waals surface area contributed by atoms with Crippen LogP contribution in [-0.2, 0) is 19.1 Å². The Bertz CT molecular complexity index is 248. The molecule has 0 radical (unpaired) electrons. The number of carbonyl (C=O) groups is 2. The molecule has 0 heterocycles. The summed E-state index contributed by atoms with van der Waals surface area (Å²) in [7, 11) is 0. The third kappa shape index (κ3) is 9.77. The van der Waals surface area contributed by atoms with Gasteiger partial charge in [-0.25, -0.2) is 0 Å². The summed E-state index contributed by atoms with van der Waals surface area (Å²) >= 11 is 0. The second-order valence-electron chi connectivity index (χ2n) is 4.23. The number of hydrogen-bond donors (Lipinski definition) is 2. The van der Waals surface area contributed by atoms with Crippen molar-refractivity contribution in [3.05, 3.63) is 0 Å². The minimum absolute atomic E-state index is 0.0385. The number of carboxylic acids is 1. The van der Waals surface area contributed by atoms with Gasteiger partial charge >= 0.3 is 11.9 Å². The van der Waals surface area contributed by atoms with Gasteiger partial charge in [-0.15, -0.1) is 0 Å². The molecule has 0 atom stereocenters. The van der Waals surface area contributed by atoms with Crippen LogP contribution in [0.5, 0.6) is 0 Å². The first-order chi connectivity index (χ1) is 7.87. The second-order valence-corrected chi connectivity index (χ2v) is 4.23. The van der Waals surface area contributed by atoms with Crippen molar-refractivity contribution in [1.29, 1.82) is 0 Å². The first kappa shape index (κ1) is 15.9. The monoisotopic (exact) mass is 248 g/mol. The smallest absolute Gasteiger partial charge is 0.305 e. The highest BCUT2D eigenvalue weighted by molar-refractivity contribution is 5.71. The first-order valence-corrected chi connectivity index (χ1v) is 5.49. The van der Waals surface area contributed by atoms with Crippen LogP contribution < -0.4 is 0 Å². The molecule has 17 heavy (non-hydrogen) atoms. The SMILES string of the molecule is CC(C)(CO)OCCOC(=O)CCCC(=O)O. The number of carbonyl (C=O) groups excluding carboxylic acids is 1. The maximum atomic E-state index is 11.1. The zero-order valence-corrected chi connectivity index (χ0v) is 10.3. The van der Waals surface area contributed by atoms with Crippen molar-refractivity contribution >= 4 is 11.9 Å². The molecule has 0 aromatic heterocycles. The van der Waals surface area contributed by atoms with Gasteiger partial charge in [0.05, 0.1) is 18.8 Å². The lowest BCUT2D eigenvalue weighted by molar-refractivity contribution is -0.148. The van der Waals surface area contributed by atoms with Gasteiger partial charge in [-0.2, -0.15) is 0 Å². The fourth-order valence-electron chi connectivity index (χ4n) is 0.975. The fourth-order valence-corrected chi connectivity index (χ4v) is 0.975. The summed E-state index contributed by atoms with van der Waals surface area (Å²) in [5.74, 6) is -1.36. The zero-order chi connectivity index (χ0) is 13.3. The Labute approximate surface area is 101 Å². The topological polar surface area (TPSA) is 93.1 Å². The van der Waals surface area contributed by atoms with Crippen molar-refractivity contribution in [3.63, 3.8) is 0 Å². The summed E-state index contributed by atoms with van der Waals surface area (Å²) in [6.07, 6.45) is 0.329. The molecule has 0 aromatic carbocycles. The molecule has 6 heteroatoms. The summed E-state index contributed by atoms with van der Waals surface area (Å²) in [6, 6.07) is 0. The van der Waals surface area contributed by atoms with Gasteiger partial charge in [-0.05, 0) is 20.3 Å². The third-order valence-corrected chi connectivity index (χ3v) is 1.99. The van der Waals surface area contributed by atoms with Crippen LogP contribution >= 0.6 is 0 Å². The van der Waals surface area contributed by atoms with Crippen molar-refractivity contribution in [3.8, 4) is 0 Å². The van der Waals surface area contributed by atoms with Crippen LogP contribution in [0.1, 0.15) is 33.1 Å². The number of rotatable bonds is 9. The van der Waals surface area contributed by atoms with Crippen molar-refractivity contribution in [2.75, 3.05) is 19.8 Å². The average molecular weight is 248 g/mol. The second kappa shape index (κ2) is 8.03. The fraction of sp³-hybridized carbons (Fsp3) is 0.818. The molecule has 0 aliphatic heterocycles. The molecule has 0 aliphatic rings. The first-order valence-electron chi connectivity index (χ1n) is 5.49. The molecule has 0 saturated carbocycles. The largest absolute Gasteiger partial charge is 0.481 e. The van der Waals surface area contributed by atoms with Crippen molar-refractivity contribution in [2.24, 2.45) is 0 Å². The van der Waals surface area contributed by atoms with Gasteiger partial charge in [0.2, 0.25) is 0 Å². The van der Waals surface area contributed by atoms with Crippen LogP contribution in [-0.4, -0.2) is 47.6 Å². The predicted molar refractivity (Wildman–Crippen MR) is 59.6 cm³/mol. The van der Waals surface area contributed by atoms with E-state index >= 15 is 0 Å². The molecular formula is C11H20O6. The van der Waals surface area contributed by atoms with Gasteiger partial charge in [0.1, 0.15) is 6.61 Å². The van der Waals surface area contributed by atoms with Crippen LogP contribution in [0.4, 0.5) is 0 Å². The molecule has 0 amide bonds. The van der Waals surface area contributed by atoms with Crippen molar-refractivity contribution < 1.29 is 29.3 Å². The molecule has 0 aliphatic carbocycles. The summed E-state index contributed by atoms with van der Waals surface area (Å²) in [6.45, 7) is 3.65. The standard InChI is InChI=1S/C11H20O6/c1-11(2,8-12)17-7-6-16-10(15)5-3-4-9(13)14/h12H,3-8H2,1-2H3,(H,13,14). The molecule has 0 unspecified atom stereocenters. The minimum atomic E-state index is -0.925. The van der Waals surface area contributed by atoms with E-state index in [4.69, 9.17) is 19.7 Å². The van der Waals surface area contributed by atoms with Crippen molar-refractivity contribution in [1.82, 2.24) is 0 Å². The van der Waals surface area contributed by atoms with Gasteiger partial charge in [-0.1, -0.05) is 0 Å². The number of aliphatic carboxylic acids is 1. The number of aliphatic hydroxyl groups is 1. The molecule has 0 rings (SSSR count). The lowest BCUT2D eigenvalue weighted by Crippen LogP contribution is -2.30. The molecule has 0 fully saturated rings. The Balaban J connectivity index is 3.49. The molecule has 100 valence electrons. The molecule has 0 bridgehead atoms. The molecule has 0 saturated heterocycles. The van der Waals surface area contributed by atoms with Crippen LogP contribution in [0.3, 0.4) is 0 Å². The summed E-state index contributed by atoms with van der Waals surface area (Å²) in [5.41, 5.74) is -0.643. The highest BCUT2D eigenvalue weighted by Crippen LogP contribution is 2.06. The van der Waals surface area contributed by atoms with Gasteiger partial charge in [-0.3, -0.25) is 9.59 Å². The van der Waals surface area contributed by atoms with Crippen molar-refractivity contribution in [2.45, 2.75) is 38.7 Å². The van der Waals surface area contributed by atoms with E-state index in [9.17, 15) is 9.59 Å². The molecular weight excluding hydrogens is 228 g/mol. The lowest BCUT2D eigenvalue weighted by Gasteiger charge is -2.22. The zero-order valence-electron chi connectivity index (χ0n) is 10.3. The summed E-state index contributed by atoms with van der Waals surface area (Å²) in [4.78, 5) is 21.3. The molecule has 6 nitrogen and oxygen atoms in total. The predicted octanol–water partition coefficient (Wildman–Crippen LogP) is 0.572. The van der Waals surface area contributed by atoms with E-state index < -0.39 is 17.5 Å². The van der Waals surface area contributed by atoms with E-state index in [0.29, 0.717) is 0 Å². The Morgan fingerprint density at radius 3 is 2.35 bits per heavy atom. The maximum absolute atomic E-state index is 11.1. The van der Waals surface area contributed by atoms with Crippen LogP contribution in [0.2, 0.25) is 0 Å². The molecule has 0 aromatic rings. The Morgan fingerprint density at radius 1 is 1.18 bits per heavy atom. The van der Waals surface area contributed by atoms with Gasteiger partial charge in [0.25, 0.3) is 0 Å². The lowest BCUT2D eigenvalue weighted by atomic mass is 10.1. The highest BCUT2D eigenvalue weighted by Gasteiger charge is 2.16. The Morgan fingerprint density at radius 2 is 1.82 bits per heavy atom. The van der Waals surface area contributed by atoms with Gasteiger partial charge in [0, 0.05) is 12.8 Å². The molecule has 0 spiro atoms. The highest BCUT2D eigenvalue weighted by atomic mass is 16.6. The number of hydrogen-bond acceptors (Lipinski definition) is 5. The van der Waals surface area contributed by atoms with E-state index in [0.717, 1.165) is 0 Å². The van der Waals surface area contributed by atoms with E-state index in [-0.39, 0.29) is 39.1 Å². The molecule has 2 N–H and O–H groups in total. The summed E-state index contributed by atoms with van der Waals surface area (Å²) in [5, 5.41) is 17.2. The number of ether oxygens (including phenoxy) is 2. The quantitative estimate of drug-likeness (QED) is 0.458. The third-order valence-electron chi connectivity index (χ3n) is 1.99. The number of aliphatic hydroxyl groups excluding tert-OH is 1. The van der Waals surface area contributed by atoms with E-state index in [1.165, 1.54) is 0 Å². The minimum Gasteiger partial charge on any atom is -0.481 e. The van der Waals surface area contributed by atoms with E-state index in [1.54, 1.807) is 13.8 Å². The van der Waals surface area contributed by atoms with Gasteiger partial charge < -0.3 is 19.7 Å². The van der Waals surface area contributed by atoms with Crippen LogP contribution in [0.15, 0.2) is 0 Å². The maximum Gasteiger partial charge on any atom is 0.305 e. The summed E-state index contributed by atoms with van der Waals surface area (Å²) < 4.78 is 10.1. The Hall–Kier alpha value is -1.14. The Kier molecular flexibility index (Phi) is 7.49. The van der Waals surface area contributed by atoms with E-state index in [2.05, 4.69) is 0 Å². The van der Waals surface area contributed by atoms with E-state index in [1.807, 2.05) is 0 Å². The average Bonchev–Trinajstić information content (AvgIpc) is 2.24. The van der Waals surface area contributed by atoms with Gasteiger partial charge in [0.15, 0.2) is 0 Å². The van der Waals surface area contributed by atoms with Crippen LogP contribution in [0.25, 0.3) is 0 Å². The van der Waals surface area contributed by atoms with Crippen LogP contribution in [0, 0.1) is 0 Å². The number of carboxylic acid groups (broad SMARTS) is 1.